The number of carbonyl (C=O) groups excluding carboxylic acids is 1. The molecule has 0 unspecified atom stereocenters. The summed E-state index contributed by atoms with van der Waals surface area (Å²) in [6, 6.07) is 8.75. The molecule has 1 aliphatic rings. The maximum atomic E-state index is 14.3. The first-order valence-electron chi connectivity index (χ1n) is 10.5. The molecule has 7 heteroatoms. The second kappa shape index (κ2) is 8.94. The van der Waals surface area contributed by atoms with Crippen molar-refractivity contribution >= 4 is 12.0 Å². The lowest BCUT2D eigenvalue weighted by atomic mass is 9.97. The number of amides is 1. The molecule has 0 bridgehead atoms. The predicted octanol–water partition coefficient (Wildman–Crippen LogP) is 5.23. The number of halogens is 2. The van der Waals surface area contributed by atoms with Crippen molar-refractivity contribution < 1.29 is 18.3 Å². The Kier molecular flexibility index (Phi) is 6.08. The van der Waals surface area contributed by atoms with Crippen LogP contribution in [0.3, 0.4) is 0 Å². The summed E-state index contributed by atoms with van der Waals surface area (Å²) < 4.78 is 36.0. The van der Waals surface area contributed by atoms with Crippen LogP contribution in [-0.2, 0) is 4.79 Å². The lowest BCUT2D eigenvalue weighted by molar-refractivity contribution is -0.130. The van der Waals surface area contributed by atoms with Crippen LogP contribution in [-0.4, -0.2) is 34.0 Å². The normalized spacial score (nSPS) is 16.5. The lowest BCUT2D eigenvalue weighted by Crippen LogP contribution is -2.39. The fraction of sp³-hybridized carbons (Fsp3) is 0.280. The second-order valence-electron chi connectivity index (χ2n) is 7.94. The minimum Gasteiger partial charge on any atom is -0.495 e. The van der Waals surface area contributed by atoms with Gasteiger partial charge in [0, 0.05) is 23.9 Å². The van der Waals surface area contributed by atoms with Crippen molar-refractivity contribution in [2.45, 2.75) is 32.7 Å². The van der Waals surface area contributed by atoms with Crippen molar-refractivity contribution in [1.82, 2.24) is 14.5 Å². The molecule has 0 N–H and O–H groups in total. The Labute approximate surface area is 186 Å². The SMILES string of the molecule is COc1cc(/C=C2\CCCN([C@H](C)c3c(F)cccc3F)C2=O)ccc1-n1cnc(C)c1. The van der Waals surface area contributed by atoms with Crippen molar-refractivity contribution in [1.29, 1.82) is 0 Å². The Morgan fingerprint density at radius 2 is 1.94 bits per heavy atom. The third-order valence-corrected chi connectivity index (χ3v) is 5.80. The van der Waals surface area contributed by atoms with Crippen molar-refractivity contribution in [3.8, 4) is 11.4 Å². The third kappa shape index (κ3) is 4.15. The number of likely N-dealkylation sites (tertiary alicyclic amines) is 1. The van der Waals surface area contributed by atoms with Crippen LogP contribution < -0.4 is 4.74 Å². The number of piperidine rings is 1. The number of hydrogen-bond donors (Lipinski definition) is 0. The molecule has 1 amide bonds. The fourth-order valence-corrected chi connectivity index (χ4v) is 4.15. The predicted molar refractivity (Wildman–Crippen MR) is 119 cm³/mol. The molecule has 1 saturated heterocycles. The van der Waals surface area contributed by atoms with Gasteiger partial charge in [-0.3, -0.25) is 4.79 Å². The number of methoxy groups -OCH3 is 1. The van der Waals surface area contributed by atoms with E-state index in [2.05, 4.69) is 4.98 Å². The number of imidazole rings is 1. The summed E-state index contributed by atoms with van der Waals surface area (Å²) in [6.45, 7) is 4.02. The Balaban J connectivity index is 1.62. The van der Waals surface area contributed by atoms with E-state index in [0.29, 0.717) is 24.3 Å². The molecule has 0 aliphatic carbocycles. The van der Waals surface area contributed by atoms with Gasteiger partial charge >= 0.3 is 0 Å². The number of ether oxygens (including phenoxy) is 1. The maximum Gasteiger partial charge on any atom is 0.250 e. The first-order valence-corrected chi connectivity index (χ1v) is 10.5. The molecule has 4 rings (SSSR count). The third-order valence-electron chi connectivity index (χ3n) is 5.80. The quantitative estimate of drug-likeness (QED) is 0.513. The van der Waals surface area contributed by atoms with Gasteiger partial charge in [0.25, 0.3) is 0 Å². The monoisotopic (exact) mass is 437 g/mol. The number of carbonyl (C=O) groups is 1. The highest BCUT2D eigenvalue weighted by atomic mass is 19.1. The lowest BCUT2D eigenvalue weighted by Gasteiger charge is -2.34. The van der Waals surface area contributed by atoms with E-state index in [9.17, 15) is 13.6 Å². The highest BCUT2D eigenvalue weighted by Gasteiger charge is 2.30. The number of aryl methyl sites for hydroxylation is 1. The molecule has 2 aromatic carbocycles. The average Bonchev–Trinajstić information content (AvgIpc) is 3.21. The molecule has 1 fully saturated rings. The zero-order chi connectivity index (χ0) is 22.8. The molecule has 1 atom stereocenters. The van der Waals surface area contributed by atoms with E-state index in [0.717, 1.165) is 23.4 Å². The van der Waals surface area contributed by atoms with Gasteiger partial charge in [-0.15, -0.1) is 0 Å². The topological polar surface area (TPSA) is 47.4 Å². The highest BCUT2D eigenvalue weighted by molar-refractivity contribution is 5.98. The fourth-order valence-electron chi connectivity index (χ4n) is 4.15. The summed E-state index contributed by atoms with van der Waals surface area (Å²) in [6.07, 6.45) is 6.78. The van der Waals surface area contributed by atoms with Gasteiger partial charge in [0.2, 0.25) is 5.91 Å². The van der Waals surface area contributed by atoms with Crippen molar-refractivity contribution in [3.63, 3.8) is 0 Å². The van der Waals surface area contributed by atoms with Crippen molar-refractivity contribution in [3.05, 3.63) is 83.0 Å². The molecule has 3 aromatic rings. The smallest absolute Gasteiger partial charge is 0.250 e. The minimum absolute atomic E-state index is 0.0799. The Morgan fingerprint density at radius 3 is 2.59 bits per heavy atom. The molecule has 2 heterocycles. The van der Waals surface area contributed by atoms with Crippen LogP contribution in [0.15, 0.2) is 54.5 Å². The number of benzene rings is 2. The van der Waals surface area contributed by atoms with Crippen LogP contribution in [0.2, 0.25) is 0 Å². The number of aromatic nitrogens is 2. The first-order chi connectivity index (χ1) is 15.4. The molecule has 1 aliphatic heterocycles. The van der Waals surface area contributed by atoms with Gasteiger partial charge in [0.1, 0.15) is 17.4 Å². The molecular formula is C25H25F2N3O2. The Morgan fingerprint density at radius 1 is 1.19 bits per heavy atom. The number of hydrogen-bond acceptors (Lipinski definition) is 3. The first kappa shape index (κ1) is 21.7. The molecule has 0 saturated carbocycles. The Bertz CT molecular complexity index is 1170. The van der Waals surface area contributed by atoms with Crippen LogP contribution in [0.25, 0.3) is 11.8 Å². The summed E-state index contributed by atoms with van der Waals surface area (Å²) in [5, 5.41) is 0. The van der Waals surface area contributed by atoms with Crippen molar-refractivity contribution in [2.75, 3.05) is 13.7 Å². The molecular weight excluding hydrogens is 412 g/mol. The molecule has 0 spiro atoms. The zero-order valence-corrected chi connectivity index (χ0v) is 18.3. The molecule has 1 aromatic heterocycles. The van der Waals surface area contributed by atoms with E-state index in [4.69, 9.17) is 4.74 Å². The van der Waals surface area contributed by atoms with Gasteiger partial charge in [-0.1, -0.05) is 12.1 Å². The summed E-state index contributed by atoms with van der Waals surface area (Å²) in [4.78, 5) is 19.0. The van der Waals surface area contributed by atoms with Gasteiger partial charge in [-0.05, 0) is 62.6 Å². The summed E-state index contributed by atoms with van der Waals surface area (Å²) >= 11 is 0. The number of rotatable bonds is 5. The second-order valence-corrected chi connectivity index (χ2v) is 7.94. The van der Waals surface area contributed by atoms with Crippen LogP contribution in [0.1, 0.15) is 42.6 Å². The zero-order valence-electron chi connectivity index (χ0n) is 18.3. The summed E-state index contributed by atoms with van der Waals surface area (Å²) in [5.74, 6) is -0.841. The van der Waals surface area contributed by atoms with Crippen LogP contribution in [0, 0.1) is 18.6 Å². The Hall–Kier alpha value is -3.48. The van der Waals surface area contributed by atoms with Gasteiger partial charge in [0.15, 0.2) is 0 Å². The summed E-state index contributed by atoms with van der Waals surface area (Å²) in [7, 11) is 1.59. The van der Waals surface area contributed by atoms with E-state index >= 15 is 0 Å². The molecule has 5 nitrogen and oxygen atoms in total. The minimum atomic E-state index is -0.700. The van der Waals surface area contributed by atoms with E-state index in [1.54, 1.807) is 20.4 Å². The van der Waals surface area contributed by atoms with Gasteiger partial charge in [0.05, 0.1) is 30.9 Å². The van der Waals surface area contributed by atoms with E-state index in [1.807, 2.05) is 42.0 Å². The van der Waals surface area contributed by atoms with Crippen LogP contribution in [0.5, 0.6) is 5.75 Å². The average molecular weight is 437 g/mol. The van der Waals surface area contributed by atoms with Crippen LogP contribution >= 0.6 is 0 Å². The largest absolute Gasteiger partial charge is 0.495 e. The number of nitrogens with zero attached hydrogens (tertiary/aromatic N) is 3. The van der Waals surface area contributed by atoms with Crippen LogP contribution in [0.4, 0.5) is 8.78 Å². The van der Waals surface area contributed by atoms with Gasteiger partial charge < -0.3 is 14.2 Å². The van der Waals surface area contributed by atoms with E-state index in [1.165, 1.54) is 23.1 Å². The highest BCUT2D eigenvalue weighted by Crippen LogP contribution is 2.32. The molecule has 166 valence electrons. The summed E-state index contributed by atoms with van der Waals surface area (Å²) in [5.41, 5.74) is 3.08. The molecule has 32 heavy (non-hydrogen) atoms. The van der Waals surface area contributed by atoms with E-state index < -0.39 is 17.7 Å². The van der Waals surface area contributed by atoms with Gasteiger partial charge in [-0.2, -0.15) is 0 Å². The van der Waals surface area contributed by atoms with E-state index in [-0.39, 0.29) is 11.5 Å². The standard InChI is InChI=1S/C25H25F2N3O2/c1-16-14-29(15-28-16)22-10-9-18(13-23(22)32-3)12-19-6-5-11-30(25(19)31)17(2)24-20(26)7-4-8-21(24)27/h4,7-10,12-15,17H,5-6,11H2,1-3H3/b19-12+/t17-/m1/s1. The van der Waals surface area contributed by atoms with Crippen molar-refractivity contribution in [2.24, 2.45) is 0 Å². The van der Waals surface area contributed by atoms with Gasteiger partial charge in [-0.25, -0.2) is 13.8 Å². The maximum absolute atomic E-state index is 14.3. The molecule has 0 radical (unpaired) electrons.